The van der Waals surface area contributed by atoms with Gasteiger partial charge < -0.3 is 4.74 Å². The van der Waals surface area contributed by atoms with E-state index in [4.69, 9.17) is 9.57 Å². The lowest BCUT2D eigenvalue weighted by Crippen LogP contribution is -2.31. The first-order valence-corrected chi connectivity index (χ1v) is 6.37. The van der Waals surface area contributed by atoms with Crippen LogP contribution in [0.25, 0.3) is 0 Å². The van der Waals surface area contributed by atoms with Crippen molar-refractivity contribution in [3.63, 3.8) is 0 Å². The molecule has 1 fully saturated rings. The number of benzene rings is 1. The lowest BCUT2D eigenvalue weighted by molar-refractivity contribution is -0.186. The molecule has 1 aromatic carbocycles. The molecule has 1 aliphatic rings. The summed E-state index contributed by atoms with van der Waals surface area (Å²) in [7, 11) is 0. The molecule has 102 valence electrons. The molecule has 5 heteroatoms. The summed E-state index contributed by atoms with van der Waals surface area (Å²) in [6.07, 6.45) is 0.451. The molecule has 1 amide bonds. The molecule has 0 aliphatic carbocycles. The lowest BCUT2D eigenvalue weighted by atomic mass is 10.1. The van der Waals surface area contributed by atoms with Crippen LogP contribution in [0.1, 0.15) is 18.9 Å². The lowest BCUT2D eigenvalue weighted by Gasteiger charge is -2.16. The SMILES string of the molecule is CCOC(=O)C1CCN(OCc2ccccc2)C1=O. The van der Waals surface area contributed by atoms with Gasteiger partial charge in [-0.05, 0) is 18.9 Å². The van der Waals surface area contributed by atoms with Crippen LogP contribution in [-0.2, 0) is 25.8 Å². The monoisotopic (exact) mass is 263 g/mol. The number of hydrogen-bond donors (Lipinski definition) is 0. The second-order valence-corrected chi connectivity index (χ2v) is 4.29. The van der Waals surface area contributed by atoms with E-state index >= 15 is 0 Å². The summed E-state index contributed by atoms with van der Waals surface area (Å²) < 4.78 is 4.87. The topological polar surface area (TPSA) is 55.8 Å². The Kier molecular flexibility index (Phi) is 4.52. The first-order chi connectivity index (χ1) is 9.22. The first-order valence-electron chi connectivity index (χ1n) is 6.37. The molecule has 0 saturated carbocycles. The van der Waals surface area contributed by atoms with Gasteiger partial charge in [0.15, 0.2) is 0 Å². The second kappa shape index (κ2) is 6.33. The second-order valence-electron chi connectivity index (χ2n) is 4.29. The molecule has 1 aromatic rings. The number of hydrogen-bond acceptors (Lipinski definition) is 4. The van der Waals surface area contributed by atoms with E-state index in [1.54, 1.807) is 6.92 Å². The Hall–Kier alpha value is -1.88. The predicted molar refractivity (Wildman–Crippen MR) is 67.7 cm³/mol. The summed E-state index contributed by atoms with van der Waals surface area (Å²) in [6, 6.07) is 9.58. The molecule has 0 N–H and O–H groups in total. The number of esters is 1. The quantitative estimate of drug-likeness (QED) is 0.597. The van der Waals surface area contributed by atoms with Crippen molar-refractivity contribution in [2.24, 2.45) is 5.92 Å². The van der Waals surface area contributed by atoms with Crippen LogP contribution in [0.3, 0.4) is 0 Å². The fourth-order valence-corrected chi connectivity index (χ4v) is 1.97. The maximum Gasteiger partial charge on any atom is 0.318 e. The molecular weight excluding hydrogens is 246 g/mol. The molecule has 1 unspecified atom stereocenters. The third-order valence-corrected chi connectivity index (χ3v) is 2.97. The van der Waals surface area contributed by atoms with Gasteiger partial charge in [0, 0.05) is 0 Å². The van der Waals surface area contributed by atoms with Gasteiger partial charge >= 0.3 is 5.97 Å². The predicted octanol–water partition coefficient (Wildman–Crippen LogP) is 1.53. The summed E-state index contributed by atoms with van der Waals surface area (Å²) in [6.45, 7) is 2.76. The van der Waals surface area contributed by atoms with Crippen LogP contribution in [0.15, 0.2) is 30.3 Å². The van der Waals surface area contributed by atoms with Crippen molar-refractivity contribution in [2.75, 3.05) is 13.2 Å². The highest BCUT2D eigenvalue weighted by Gasteiger charge is 2.38. The van der Waals surface area contributed by atoms with Crippen LogP contribution in [0.4, 0.5) is 0 Å². The number of ether oxygens (including phenoxy) is 1. The standard InChI is InChI=1S/C14H17NO4/c1-2-18-14(17)12-8-9-15(13(12)16)19-10-11-6-4-3-5-7-11/h3-7,12H,2,8-10H2,1H3. The van der Waals surface area contributed by atoms with Crippen molar-refractivity contribution in [3.8, 4) is 0 Å². The zero-order chi connectivity index (χ0) is 13.7. The van der Waals surface area contributed by atoms with Gasteiger partial charge in [-0.3, -0.25) is 14.4 Å². The Bertz CT molecular complexity index is 446. The number of hydroxylamine groups is 2. The van der Waals surface area contributed by atoms with Gasteiger partial charge in [-0.2, -0.15) is 0 Å². The largest absolute Gasteiger partial charge is 0.465 e. The minimum Gasteiger partial charge on any atom is -0.465 e. The summed E-state index contributed by atoms with van der Waals surface area (Å²) >= 11 is 0. The van der Waals surface area contributed by atoms with Crippen LogP contribution >= 0.6 is 0 Å². The van der Waals surface area contributed by atoms with Gasteiger partial charge in [0.25, 0.3) is 5.91 Å². The number of carbonyl (C=O) groups excluding carboxylic acids is 2. The number of rotatable bonds is 5. The van der Waals surface area contributed by atoms with Gasteiger partial charge in [-0.15, -0.1) is 0 Å². The molecule has 0 spiro atoms. The van der Waals surface area contributed by atoms with Crippen LogP contribution in [-0.4, -0.2) is 30.1 Å². The summed E-state index contributed by atoms with van der Waals surface area (Å²) in [5.41, 5.74) is 0.981. The van der Waals surface area contributed by atoms with E-state index in [-0.39, 0.29) is 12.5 Å². The molecule has 0 aromatic heterocycles. The molecule has 0 radical (unpaired) electrons. The number of amides is 1. The van der Waals surface area contributed by atoms with Gasteiger partial charge in [0.05, 0.1) is 13.2 Å². The molecule has 19 heavy (non-hydrogen) atoms. The minimum atomic E-state index is -0.712. The Morgan fingerprint density at radius 3 is 2.79 bits per heavy atom. The van der Waals surface area contributed by atoms with E-state index in [0.29, 0.717) is 19.6 Å². The third kappa shape index (κ3) is 3.32. The first kappa shape index (κ1) is 13.5. The smallest absolute Gasteiger partial charge is 0.318 e. The minimum absolute atomic E-state index is 0.285. The van der Waals surface area contributed by atoms with E-state index in [9.17, 15) is 9.59 Å². The average molecular weight is 263 g/mol. The van der Waals surface area contributed by atoms with Crippen molar-refractivity contribution < 1.29 is 19.2 Å². The summed E-state index contributed by atoms with van der Waals surface area (Å²) in [4.78, 5) is 28.9. The van der Waals surface area contributed by atoms with Gasteiger partial charge in [-0.1, -0.05) is 30.3 Å². The molecule has 2 rings (SSSR count). The van der Waals surface area contributed by atoms with Crippen molar-refractivity contribution in [1.82, 2.24) is 5.06 Å². The molecule has 1 atom stereocenters. The highest BCUT2D eigenvalue weighted by Crippen LogP contribution is 2.20. The number of carbonyl (C=O) groups is 2. The Morgan fingerprint density at radius 2 is 2.11 bits per heavy atom. The highest BCUT2D eigenvalue weighted by atomic mass is 16.7. The highest BCUT2D eigenvalue weighted by molar-refractivity contribution is 5.98. The van der Waals surface area contributed by atoms with Crippen LogP contribution in [0.2, 0.25) is 0 Å². The zero-order valence-corrected chi connectivity index (χ0v) is 10.9. The Morgan fingerprint density at radius 1 is 1.37 bits per heavy atom. The maximum absolute atomic E-state index is 11.9. The molecular formula is C14H17NO4. The van der Waals surface area contributed by atoms with Crippen LogP contribution < -0.4 is 0 Å². The molecule has 1 heterocycles. The summed E-state index contributed by atoms with van der Waals surface area (Å²) in [5.74, 6) is -1.48. The normalized spacial score (nSPS) is 18.7. The summed E-state index contributed by atoms with van der Waals surface area (Å²) in [5, 5.41) is 1.26. The fraction of sp³-hybridized carbons (Fsp3) is 0.429. The van der Waals surface area contributed by atoms with E-state index < -0.39 is 11.9 Å². The third-order valence-electron chi connectivity index (χ3n) is 2.97. The number of nitrogens with zero attached hydrogens (tertiary/aromatic N) is 1. The van der Waals surface area contributed by atoms with Crippen LogP contribution in [0.5, 0.6) is 0 Å². The molecule has 0 bridgehead atoms. The molecule has 5 nitrogen and oxygen atoms in total. The van der Waals surface area contributed by atoms with Crippen LogP contribution in [0, 0.1) is 5.92 Å². The van der Waals surface area contributed by atoms with Crippen molar-refractivity contribution >= 4 is 11.9 Å². The van der Waals surface area contributed by atoms with E-state index in [1.807, 2.05) is 30.3 Å². The van der Waals surface area contributed by atoms with Crippen molar-refractivity contribution in [3.05, 3.63) is 35.9 Å². The molecule has 1 aliphatic heterocycles. The van der Waals surface area contributed by atoms with Gasteiger partial charge in [0.1, 0.15) is 12.5 Å². The van der Waals surface area contributed by atoms with E-state index in [0.717, 1.165) is 5.56 Å². The van der Waals surface area contributed by atoms with E-state index in [1.165, 1.54) is 5.06 Å². The van der Waals surface area contributed by atoms with E-state index in [2.05, 4.69) is 0 Å². The van der Waals surface area contributed by atoms with Gasteiger partial charge in [0.2, 0.25) is 0 Å². The van der Waals surface area contributed by atoms with Crippen molar-refractivity contribution in [1.29, 1.82) is 0 Å². The van der Waals surface area contributed by atoms with Gasteiger partial charge in [-0.25, -0.2) is 5.06 Å². The zero-order valence-electron chi connectivity index (χ0n) is 10.9. The van der Waals surface area contributed by atoms with Crippen molar-refractivity contribution in [2.45, 2.75) is 20.0 Å². The molecule has 1 saturated heterocycles. The average Bonchev–Trinajstić information content (AvgIpc) is 2.79. The Balaban J connectivity index is 1.86. The Labute approximate surface area is 112 Å². The maximum atomic E-state index is 11.9. The fourth-order valence-electron chi connectivity index (χ4n) is 1.97.